The van der Waals surface area contributed by atoms with Gasteiger partial charge in [0.05, 0.1) is 50.5 Å². The minimum atomic E-state index is -1.95. The van der Waals surface area contributed by atoms with E-state index in [1.54, 1.807) is 0 Å². The SMILES string of the molecule is Cn1cc(O)c(=O)cc1C(=O)NCC[N+]1(CC2=C(C(=O)[O-])N3C(=O)[C@@H](NC(=O)/C(=N\O[C@@H](CC(=O)O)C(=O)O)c4csc(N)n4)[C@H]3SC2)CCCC1. The summed E-state index contributed by atoms with van der Waals surface area (Å²) in [6.45, 7) is 2.22. The fourth-order valence-corrected chi connectivity index (χ4v) is 8.14. The van der Waals surface area contributed by atoms with Gasteiger partial charge in [-0.25, -0.2) is 9.78 Å². The fourth-order valence-electron chi connectivity index (χ4n) is 6.26. The third-order valence-corrected chi connectivity index (χ3v) is 10.8. The number of nitrogens with zero attached hydrogens (tertiary/aromatic N) is 5. The number of anilines is 1. The number of oxime groups is 1. The van der Waals surface area contributed by atoms with Crippen molar-refractivity contribution in [3.8, 4) is 5.75 Å². The number of aliphatic carboxylic acids is 3. The summed E-state index contributed by atoms with van der Waals surface area (Å²) in [6.07, 6.45) is -0.0856. The Labute approximate surface area is 302 Å². The Morgan fingerprint density at radius 3 is 2.54 bits per heavy atom. The maximum atomic E-state index is 13.4. The maximum absolute atomic E-state index is 13.4. The van der Waals surface area contributed by atoms with Crippen molar-refractivity contribution in [3.05, 3.63) is 50.5 Å². The van der Waals surface area contributed by atoms with E-state index in [9.17, 15) is 48.9 Å². The zero-order valence-electron chi connectivity index (χ0n) is 27.5. The second-order valence-corrected chi connectivity index (χ2v) is 14.3. The lowest BCUT2D eigenvalue weighted by Crippen LogP contribution is -2.72. The van der Waals surface area contributed by atoms with Crippen molar-refractivity contribution in [1.82, 2.24) is 25.1 Å². The summed E-state index contributed by atoms with van der Waals surface area (Å²) in [7, 11) is 1.51. The van der Waals surface area contributed by atoms with Gasteiger partial charge in [-0.05, 0) is 0 Å². The van der Waals surface area contributed by atoms with Crippen LogP contribution in [0.25, 0.3) is 0 Å². The molecule has 20 nitrogen and oxygen atoms in total. The van der Waals surface area contributed by atoms with Crippen LogP contribution in [0.15, 0.2) is 38.9 Å². The van der Waals surface area contributed by atoms with Crippen LogP contribution in [0, 0.1) is 0 Å². The number of nitrogens with two attached hydrogens (primary N) is 1. The third-order valence-electron chi connectivity index (χ3n) is 8.78. The molecule has 278 valence electrons. The van der Waals surface area contributed by atoms with Gasteiger partial charge in [0.15, 0.2) is 16.6 Å². The highest BCUT2D eigenvalue weighted by molar-refractivity contribution is 8.00. The molecule has 3 amide bonds. The van der Waals surface area contributed by atoms with E-state index in [-0.39, 0.29) is 41.1 Å². The number of pyridine rings is 1. The first-order valence-electron chi connectivity index (χ1n) is 15.7. The first-order valence-corrected chi connectivity index (χ1v) is 17.7. The summed E-state index contributed by atoms with van der Waals surface area (Å²) in [6, 6.07) is -0.199. The largest absolute Gasteiger partial charge is 0.543 e. The van der Waals surface area contributed by atoms with Crippen molar-refractivity contribution < 1.29 is 58.5 Å². The van der Waals surface area contributed by atoms with Crippen LogP contribution in [0.5, 0.6) is 5.75 Å². The van der Waals surface area contributed by atoms with Gasteiger partial charge in [-0.1, -0.05) is 5.16 Å². The molecule has 2 aromatic rings. The van der Waals surface area contributed by atoms with Crippen LogP contribution in [-0.2, 0) is 35.9 Å². The molecule has 0 spiro atoms. The Balaban J connectivity index is 1.30. The molecule has 0 radical (unpaired) electrons. The second kappa shape index (κ2) is 15.4. The number of nitrogen functional groups attached to an aromatic ring is 1. The minimum Gasteiger partial charge on any atom is -0.543 e. The molecule has 0 aromatic carbocycles. The predicted molar refractivity (Wildman–Crippen MR) is 180 cm³/mol. The smallest absolute Gasteiger partial charge is 0.348 e. The normalized spacial score (nSPS) is 20.1. The molecule has 0 saturated carbocycles. The van der Waals surface area contributed by atoms with E-state index < -0.39 is 76.5 Å². The van der Waals surface area contributed by atoms with Crippen LogP contribution in [0.1, 0.15) is 35.4 Å². The number of fused-ring (bicyclic) bond motifs is 1. The van der Waals surface area contributed by atoms with E-state index in [1.807, 2.05) is 0 Å². The van der Waals surface area contributed by atoms with Gasteiger partial charge in [0.25, 0.3) is 17.7 Å². The molecular weight excluding hydrogens is 729 g/mol. The number of aryl methyl sites for hydroxylation is 1. The Morgan fingerprint density at radius 1 is 1.21 bits per heavy atom. The van der Waals surface area contributed by atoms with Crippen LogP contribution in [-0.4, -0.2) is 132 Å². The summed E-state index contributed by atoms with van der Waals surface area (Å²) >= 11 is 2.13. The number of aromatic hydroxyl groups is 1. The minimum absolute atomic E-state index is 0.0194. The highest BCUT2D eigenvalue weighted by atomic mass is 32.2. The molecular formula is C30H34N8O12S2. The second-order valence-electron chi connectivity index (χ2n) is 12.3. The molecule has 0 unspecified atom stereocenters. The zero-order valence-corrected chi connectivity index (χ0v) is 29.1. The van der Waals surface area contributed by atoms with Gasteiger partial charge in [-0.15, -0.1) is 23.1 Å². The lowest BCUT2D eigenvalue weighted by molar-refractivity contribution is -0.911. The number of quaternary nitrogens is 1. The standard InChI is InChI=1S/C30H34N8O12S2/c1-36-10-18(40)17(39)8-16(36)24(43)32-4-7-38(5-2-3-6-38)11-14-12-51-27-22(26(45)37(27)23(14)29(48)49)34-25(44)21(15-13-52-30(31)33-15)35-50-19(28(46)47)9-20(41)42/h8,10,13,19,22,27H,2-7,9,11-12H2,1H3,(H7-,31,32,33,34,40,41,42,43,44,46,47,48,49)/b35-21-/t19-,22+,27+/m0/s1. The average Bonchev–Trinajstić information content (AvgIpc) is 3.73. The molecule has 52 heavy (non-hydrogen) atoms. The van der Waals surface area contributed by atoms with E-state index in [4.69, 9.17) is 15.7 Å². The Kier molecular flexibility index (Phi) is 11.2. The highest BCUT2D eigenvalue weighted by Crippen LogP contribution is 2.41. The number of thiazole rings is 1. The molecule has 0 bridgehead atoms. The van der Waals surface area contributed by atoms with E-state index in [0.29, 0.717) is 29.7 Å². The van der Waals surface area contributed by atoms with Gasteiger partial charge in [0.2, 0.25) is 11.5 Å². The first kappa shape index (κ1) is 37.8. The van der Waals surface area contributed by atoms with Crippen LogP contribution >= 0.6 is 23.1 Å². The molecule has 3 atom stereocenters. The first-order chi connectivity index (χ1) is 24.6. The number of carbonyl (C=O) groups excluding carboxylic acids is 4. The number of carboxylic acids is 3. The lowest BCUT2D eigenvalue weighted by Gasteiger charge is -2.51. The number of aromatic nitrogens is 2. The van der Waals surface area contributed by atoms with Gasteiger partial charge < -0.3 is 55.5 Å². The molecule has 5 rings (SSSR count). The number of hydrogen-bond donors (Lipinski definition) is 6. The molecule has 2 aromatic heterocycles. The number of likely N-dealkylation sites (tertiary alicyclic amines) is 1. The van der Waals surface area contributed by atoms with Crippen LogP contribution in [0.3, 0.4) is 0 Å². The third kappa shape index (κ3) is 8.02. The molecule has 7 N–H and O–H groups in total. The average molecular weight is 763 g/mol. The molecule has 22 heteroatoms. The van der Waals surface area contributed by atoms with Crippen molar-refractivity contribution >= 4 is 69.6 Å². The van der Waals surface area contributed by atoms with Crippen LogP contribution in [0.4, 0.5) is 5.13 Å². The summed E-state index contributed by atoms with van der Waals surface area (Å²) in [5.41, 5.74) is 4.44. The summed E-state index contributed by atoms with van der Waals surface area (Å²) in [5, 5.41) is 49.7. The number of amides is 3. The lowest BCUT2D eigenvalue weighted by atomic mass is 10.0. The molecule has 5 heterocycles. The number of thioether (sulfide) groups is 1. The number of carboxylic acid groups (broad SMARTS) is 3. The summed E-state index contributed by atoms with van der Waals surface area (Å²) < 4.78 is 1.75. The fraction of sp³-hybridized carbons (Fsp3) is 0.433. The Hall–Kier alpha value is -5.48. The number of rotatable bonds is 15. The van der Waals surface area contributed by atoms with Crippen molar-refractivity contribution in [1.29, 1.82) is 0 Å². The van der Waals surface area contributed by atoms with Gasteiger partial charge in [0.1, 0.15) is 29.3 Å². The van der Waals surface area contributed by atoms with E-state index >= 15 is 0 Å². The van der Waals surface area contributed by atoms with E-state index in [1.165, 1.54) is 28.8 Å². The number of hydrogen-bond acceptors (Lipinski definition) is 15. The zero-order chi connectivity index (χ0) is 37.9. The number of carbonyl (C=O) groups is 6. The molecule has 3 aliphatic rings. The summed E-state index contributed by atoms with van der Waals surface area (Å²) in [4.78, 5) is 96.4. The van der Waals surface area contributed by atoms with Gasteiger partial charge in [-0.2, -0.15) is 0 Å². The quantitative estimate of drug-likeness (QED) is 0.0463. The number of nitrogens with one attached hydrogen (secondary N) is 2. The molecule has 2 fully saturated rings. The summed E-state index contributed by atoms with van der Waals surface area (Å²) in [5.74, 6) is -7.37. The van der Waals surface area contributed by atoms with E-state index in [0.717, 1.165) is 41.3 Å². The molecule has 2 saturated heterocycles. The maximum Gasteiger partial charge on any atom is 0.348 e. The van der Waals surface area contributed by atoms with Crippen LogP contribution < -0.4 is 26.9 Å². The van der Waals surface area contributed by atoms with Crippen molar-refractivity contribution in [2.75, 3.05) is 44.2 Å². The van der Waals surface area contributed by atoms with Crippen LogP contribution in [0.2, 0.25) is 0 Å². The van der Waals surface area contributed by atoms with Crippen molar-refractivity contribution in [2.24, 2.45) is 12.2 Å². The van der Waals surface area contributed by atoms with E-state index in [2.05, 4.69) is 20.8 Å². The van der Waals surface area contributed by atoms with Gasteiger partial charge in [0, 0.05) is 42.7 Å². The predicted octanol–water partition coefficient (Wildman–Crippen LogP) is -2.78. The topological polar surface area (TPSA) is 296 Å². The van der Waals surface area contributed by atoms with Crippen molar-refractivity contribution in [2.45, 2.75) is 36.8 Å². The Bertz CT molecular complexity index is 1940. The van der Waals surface area contributed by atoms with Gasteiger partial charge >= 0.3 is 11.9 Å². The molecule has 0 aliphatic carbocycles. The Morgan fingerprint density at radius 2 is 1.92 bits per heavy atom. The monoisotopic (exact) mass is 762 g/mol. The van der Waals surface area contributed by atoms with Gasteiger partial charge in [-0.3, -0.25) is 28.9 Å². The highest BCUT2D eigenvalue weighted by Gasteiger charge is 2.54. The number of β-lactam (4-membered cyclic amide) rings is 1. The van der Waals surface area contributed by atoms with Crippen molar-refractivity contribution in [3.63, 3.8) is 0 Å². The molecule has 3 aliphatic heterocycles.